The second-order valence-electron chi connectivity index (χ2n) is 8.48. The normalized spacial score (nSPS) is 23.8. The van der Waals surface area contributed by atoms with E-state index in [1.165, 1.54) is 0 Å². The van der Waals surface area contributed by atoms with Gasteiger partial charge in [0.1, 0.15) is 0 Å². The number of ether oxygens (including phenoxy) is 1. The van der Waals surface area contributed by atoms with Gasteiger partial charge in [0.2, 0.25) is 11.9 Å². The number of aromatic nitrogens is 3. The van der Waals surface area contributed by atoms with Crippen LogP contribution in [-0.4, -0.2) is 82.6 Å². The summed E-state index contributed by atoms with van der Waals surface area (Å²) >= 11 is 0. The van der Waals surface area contributed by atoms with E-state index in [4.69, 9.17) is 9.72 Å². The van der Waals surface area contributed by atoms with Gasteiger partial charge in [-0.3, -0.25) is 14.7 Å². The van der Waals surface area contributed by atoms with E-state index in [-0.39, 0.29) is 18.1 Å². The topological polar surface area (TPSA) is 83.5 Å². The third-order valence-electron chi connectivity index (χ3n) is 5.88. The predicted molar refractivity (Wildman–Crippen MR) is 115 cm³/mol. The first-order valence-electron chi connectivity index (χ1n) is 10.5. The molecule has 30 heavy (non-hydrogen) atoms. The summed E-state index contributed by atoms with van der Waals surface area (Å²) in [4.78, 5) is 29.7. The molecule has 0 unspecified atom stereocenters. The number of nitrogens with zero attached hydrogens (tertiary/aromatic N) is 5. The van der Waals surface area contributed by atoms with Gasteiger partial charge in [0, 0.05) is 62.4 Å². The maximum Gasteiger partial charge on any atom is 0.224 e. The SMILES string of the molecule is Cc1ccc(-c2ccnc(N[C@@H]3C[C@H]4CO[C@@H](CC(=O)N(C)C)CN4C3)n2)c(C)n1. The van der Waals surface area contributed by atoms with Crippen LogP contribution in [0, 0.1) is 13.8 Å². The Morgan fingerprint density at radius 2 is 2.07 bits per heavy atom. The van der Waals surface area contributed by atoms with Crippen LogP contribution in [0.1, 0.15) is 24.2 Å². The molecule has 1 amide bonds. The Morgan fingerprint density at radius 1 is 1.23 bits per heavy atom. The second kappa shape index (κ2) is 8.65. The van der Waals surface area contributed by atoms with E-state index >= 15 is 0 Å². The maximum atomic E-state index is 12.0. The molecule has 2 fully saturated rings. The summed E-state index contributed by atoms with van der Waals surface area (Å²) in [5.74, 6) is 0.746. The minimum absolute atomic E-state index is 0.0357. The molecule has 0 bridgehead atoms. The van der Waals surface area contributed by atoms with E-state index < -0.39 is 0 Å². The van der Waals surface area contributed by atoms with Crippen LogP contribution >= 0.6 is 0 Å². The van der Waals surface area contributed by atoms with Crippen molar-refractivity contribution in [2.75, 3.05) is 39.1 Å². The first-order chi connectivity index (χ1) is 14.4. The molecule has 8 nitrogen and oxygen atoms in total. The molecule has 0 spiro atoms. The standard InChI is InChI=1S/C22H30N6O2/c1-14-5-6-19(15(2)24-14)20-7-8-23-22(26-20)25-16-9-17-13-30-18(12-28(17)11-16)10-21(29)27(3)4/h5-8,16-18H,9-13H2,1-4H3,(H,23,25,26)/t16-,17+,18+/m1/s1. The Kier molecular flexibility index (Phi) is 5.97. The summed E-state index contributed by atoms with van der Waals surface area (Å²) < 4.78 is 5.96. The molecule has 0 radical (unpaired) electrons. The first-order valence-corrected chi connectivity index (χ1v) is 10.5. The van der Waals surface area contributed by atoms with Gasteiger partial charge in [-0.2, -0.15) is 0 Å². The molecule has 4 rings (SSSR count). The van der Waals surface area contributed by atoms with E-state index in [1.54, 1.807) is 25.2 Å². The van der Waals surface area contributed by atoms with Gasteiger partial charge >= 0.3 is 0 Å². The van der Waals surface area contributed by atoms with Crippen LogP contribution in [-0.2, 0) is 9.53 Å². The summed E-state index contributed by atoms with van der Waals surface area (Å²) in [5, 5.41) is 3.50. The number of fused-ring (bicyclic) bond motifs is 1. The number of amides is 1. The molecule has 2 aliphatic heterocycles. The number of carbonyl (C=O) groups is 1. The third kappa shape index (κ3) is 4.60. The van der Waals surface area contributed by atoms with Crippen molar-refractivity contribution in [3.05, 3.63) is 35.8 Å². The monoisotopic (exact) mass is 410 g/mol. The van der Waals surface area contributed by atoms with E-state index in [0.717, 1.165) is 42.2 Å². The number of aryl methyl sites for hydroxylation is 2. The number of anilines is 1. The number of hydrogen-bond donors (Lipinski definition) is 1. The molecule has 0 aromatic carbocycles. The van der Waals surface area contributed by atoms with Crippen molar-refractivity contribution in [1.82, 2.24) is 24.8 Å². The Bertz CT molecular complexity index is 918. The molecule has 2 aliphatic rings. The number of rotatable bonds is 5. The maximum absolute atomic E-state index is 12.0. The summed E-state index contributed by atoms with van der Waals surface area (Å²) in [5.41, 5.74) is 3.86. The summed E-state index contributed by atoms with van der Waals surface area (Å²) in [6, 6.07) is 6.62. The number of morpholine rings is 1. The predicted octanol–water partition coefficient (Wildman–Crippen LogP) is 1.89. The minimum Gasteiger partial charge on any atom is -0.375 e. The van der Waals surface area contributed by atoms with Crippen molar-refractivity contribution in [1.29, 1.82) is 0 Å². The van der Waals surface area contributed by atoms with Crippen LogP contribution in [0.25, 0.3) is 11.3 Å². The lowest BCUT2D eigenvalue weighted by molar-refractivity contribution is -0.134. The van der Waals surface area contributed by atoms with Crippen molar-refractivity contribution in [3.8, 4) is 11.3 Å². The zero-order chi connectivity index (χ0) is 21.3. The lowest BCUT2D eigenvalue weighted by atomic mass is 10.1. The highest BCUT2D eigenvalue weighted by molar-refractivity contribution is 5.76. The molecule has 160 valence electrons. The van der Waals surface area contributed by atoms with Gasteiger partial charge in [-0.05, 0) is 38.5 Å². The molecule has 8 heteroatoms. The fourth-order valence-corrected chi connectivity index (χ4v) is 4.27. The molecule has 4 heterocycles. The summed E-state index contributed by atoms with van der Waals surface area (Å²) in [6.45, 7) is 6.35. The summed E-state index contributed by atoms with van der Waals surface area (Å²) in [6.07, 6.45) is 3.17. The molecule has 3 atom stereocenters. The molecular formula is C22H30N6O2. The Balaban J connectivity index is 1.39. The van der Waals surface area contributed by atoms with Crippen LogP contribution in [0.3, 0.4) is 0 Å². The van der Waals surface area contributed by atoms with E-state index in [0.29, 0.717) is 25.0 Å². The zero-order valence-corrected chi connectivity index (χ0v) is 18.1. The molecular weight excluding hydrogens is 380 g/mol. The van der Waals surface area contributed by atoms with Crippen molar-refractivity contribution in [3.63, 3.8) is 0 Å². The number of pyridine rings is 1. The number of nitrogens with one attached hydrogen (secondary N) is 1. The average Bonchev–Trinajstić information content (AvgIpc) is 3.09. The van der Waals surface area contributed by atoms with Gasteiger partial charge in [0.15, 0.2) is 0 Å². The second-order valence-corrected chi connectivity index (χ2v) is 8.48. The third-order valence-corrected chi connectivity index (χ3v) is 5.88. The molecule has 2 saturated heterocycles. The molecule has 0 aliphatic carbocycles. The van der Waals surface area contributed by atoms with Crippen LogP contribution in [0.2, 0.25) is 0 Å². The average molecular weight is 411 g/mol. The molecule has 2 aromatic rings. The van der Waals surface area contributed by atoms with Gasteiger partial charge in [0.25, 0.3) is 0 Å². The quantitative estimate of drug-likeness (QED) is 0.806. The molecule has 1 N–H and O–H groups in total. The minimum atomic E-state index is -0.0357. The highest BCUT2D eigenvalue weighted by Gasteiger charge is 2.38. The first kappa shape index (κ1) is 20.7. The summed E-state index contributed by atoms with van der Waals surface area (Å²) in [7, 11) is 3.57. The van der Waals surface area contributed by atoms with Gasteiger partial charge in [0.05, 0.1) is 24.8 Å². The van der Waals surface area contributed by atoms with Gasteiger partial charge < -0.3 is 15.0 Å². The zero-order valence-electron chi connectivity index (χ0n) is 18.1. The van der Waals surface area contributed by atoms with Crippen molar-refractivity contribution in [2.24, 2.45) is 0 Å². The van der Waals surface area contributed by atoms with Crippen LogP contribution in [0.4, 0.5) is 5.95 Å². The highest BCUT2D eigenvalue weighted by atomic mass is 16.5. The Morgan fingerprint density at radius 3 is 2.83 bits per heavy atom. The van der Waals surface area contributed by atoms with Gasteiger partial charge in [-0.25, -0.2) is 9.97 Å². The largest absolute Gasteiger partial charge is 0.375 e. The molecule has 2 aromatic heterocycles. The van der Waals surface area contributed by atoms with E-state index in [2.05, 4.69) is 26.3 Å². The fraction of sp³-hybridized carbons (Fsp3) is 0.545. The number of hydrogen-bond acceptors (Lipinski definition) is 7. The molecule has 0 saturated carbocycles. The van der Waals surface area contributed by atoms with Crippen LogP contribution < -0.4 is 5.32 Å². The van der Waals surface area contributed by atoms with E-state index in [1.807, 2.05) is 26.0 Å². The van der Waals surface area contributed by atoms with Crippen LogP contribution in [0.15, 0.2) is 24.4 Å². The van der Waals surface area contributed by atoms with Gasteiger partial charge in [-0.15, -0.1) is 0 Å². The van der Waals surface area contributed by atoms with Crippen molar-refractivity contribution < 1.29 is 9.53 Å². The van der Waals surface area contributed by atoms with Crippen molar-refractivity contribution >= 4 is 11.9 Å². The van der Waals surface area contributed by atoms with Crippen LogP contribution in [0.5, 0.6) is 0 Å². The van der Waals surface area contributed by atoms with Crippen molar-refractivity contribution in [2.45, 2.75) is 44.9 Å². The smallest absolute Gasteiger partial charge is 0.224 e. The Hall–Kier alpha value is -2.58. The fourth-order valence-electron chi connectivity index (χ4n) is 4.27. The Labute approximate surface area is 177 Å². The lowest BCUT2D eigenvalue weighted by Gasteiger charge is -2.35. The van der Waals surface area contributed by atoms with Gasteiger partial charge in [-0.1, -0.05) is 0 Å². The van der Waals surface area contributed by atoms with E-state index in [9.17, 15) is 4.79 Å². The number of carbonyl (C=O) groups excluding carboxylic acids is 1. The highest BCUT2D eigenvalue weighted by Crippen LogP contribution is 2.27. The lowest BCUT2D eigenvalue weighted by Crippen LogP contribution is -2.47.